The number of rotatable bonds is 7. The minimum atomic E-state index is 0.173. The van der Waals surface area contributed by atoms with Gasteiger partial charge in [0.25, 0.3) is 5.19 Å². The molecule has 130 valence electrons. The Morgan fingerprint density at radius 2 is 2.17 bits per heavy atom. The van der Waals surface area contributed by atoms with E-state index in [9.17, 15) is 0 Å². The third kappa shape index (κ3) is 4.79. The lowest BCUT2D eigenvalue weighted by Crippen LogP contribution is -2.37. The topological polar surface area (TPSA) is 28.6 Å². The van der Waals surface area contributed by atoms with Crippen molar-refractivity contribution in [2.75, 3.05) is 39.8 Å². The van der Waals surface area contributed by atoms with E-state index in [1.54, 1.807) is 11.3 Å². The van der Waals surface area contributed by atoms with Gasteiger partial charge in [-0.05, 0) is 51.5 Å². The van der Waals surface area contributed by atoms with Gasteiger partial charge in [0.15, 0.2) is 0 Å². The van der Waals surface area contributed by atoms with Crippen molar-refractivity contribution < 1.29 is 4.74 Å². The van der Waals surface area contributed by atoms with E-state index in [1.165, 1.54) is 17.7 Å². The van der Waals surface area contributed by atoms with Crippen LogP contribution in [0.3, 0.4) is 0 Å². The van der Waals surface area contributed by atoms with E-state index in [4.69, 9.17) is 4.74 Å². The average molecular weight is 346 g/mol. The van der Waals surface area contributed by atoms with Gasteiger partial charge >= 0.3 is 0 Å². The summed E-state index contributed by atoms with van der Waals surface area (Å²) in [6.07, 6.45) is 5.35. The van der Waals surface area contributed by atoms with E-state index in [1.807, 2.05) is 24.3 Å². The van der Waals surface area contributed by atoms with Gasteiger partial charge in [-0.3, -0.25) is 4.90 Å². The van der Waals surface area contributed by atoms with Crippen molar-refractivity contribution in [3.8, 4) is 5.19 Å². The molecule has 0 aliphatic carbocycles. The van der Waals surface area contributed by atoms with Crippen LogP contribution < -0.4 is 4.74 Å². The lowest BCUT2D eigenvalue weighted by Gasteiger charge is -2.26. The third-order valence-corrected chi connectivity index (χ3v) is 5.44. The Hall–Kier alpha value is -1.43. The molecule has 3 rings (SSSR count). The van der Waals surface area contributed by atoms with E-state index >= 15 is 0 Å². The fourth-order valence-electron chi connectivity index (χ4n) is 3.11. The highest BCUT2D eigenvalue weighted by Crippen LogP contribution is 2.28. The number of nitrogens with zero attached hydrogens (tertiary/aromatic N) is 3. The quantitative estimate of drug-likeness (QED) is 0.716. The van der Waals surface area contributed by atoms with Crippen molar-refractivity contribution in [2.45, 2.75) is 25.4 Å². The molecule has 2 aromatic rings. The molecule has 1 aromatic heterocycles. The maximum absolute atomic E-state index is 6.28. The van der Waals surface area contributed by atoms with Gasteiger partial charge in [0.05, 0.1) is 10.2 Å². The molecule has 1 atom stereocenters. The molecule has 0 unspecified atom stereocenters. The standard InChI is InChI=1S/C19H27N3OS/c1-3-4-8-16(15-22-12-7-11-21(2)13-14-22)23-19-20-17-9-5-6-10-18(17)24-19/h3,5-6,9-10,16H,1,4,7-8,11-15H2,2H3/t16-/m0/s1. The molecule has 0 spiro atoms. The first-order chi connectivity index (χ1) is 11.7. The number of thiazole rings is 1. The number of fused-ring (bicyclic) bond motifs is 1. The monoisotopic (exact) mass is 345 g/mol. The smallest absolute Gasteiger partial charge is 0.274 e. The second-order valence-corrected chi connectivity index (χ2v) is 7.50. The summed E-state index contributed by atoms with van der Waals surface area (Å²) in [5, 5.41) is 0.789. The predicted molar refractivity (Wildman–Crippen MR) is 102 cm³/mol. The molecule has 0 radical (unpaired) electrons. The number of benzene rings is 1. The second-order valence-electron chi connectivity index (χ2n) is 6.51. The van der Waals surface area contributed by atoms with Gasteiger partial charge in [-0.15, -0.1) is 6.58 Å². The highest BCUT2D eigenvalue weighted by Gasteiger charge is 2.19. The summed E-state index contributed by atoms with van der Waals surface area (Å²) in [5.41, 5.74) is 1.02. The minimum Gasteiger partial charge on any atom is -0.465 e. The zero-order valence-electron chi connectivity index (χ0n) is 14.5. The molecule has 0 bridgehead atoms. The van der Waals surface area contributed by atoms with E-state index in [0.29, 0.717) is 0 Å². The normalized spacial score (nSPS) is 18.4. The Balaban J connectivity index is 1.65. The number of aromatic nitrogens is 1. The molecule has 2 heterocycles. The van der Waals surface area contributed by atoms with Gasteiger partial charge < -0.3 is 9.64 Å². The summed E-state index contributed by atoms with van der Waals surface area (Å²) in [6, 6.07) is 8.22. The molecule has 1 aliphatic rings. The van der Waals surface area contributed by atoms with Gasteiger partial charge in [0, 0.05) is 19.6 Å². The molecule has 1 aliphatic heterocycles. The molecule has 0 saturated carbocycles. The lowest BCUT2D eigenvalue weighted by molar-refractivity contribution is 0.128. The first-order valence-electron chi connectivity index (χ1n) is 8.78. The number of ether oxygens (including phenoxy) is 1. The fraction of sp³-hybridized carbons (Fsp3) is 0.526. The van der Waals surface area contributed by atoms with Crippen LogP contribution in [0, 0.1) is 0 Å². The van der Waals surface area contributed by atoms with Gasteiger partial charge in [0.2, 0.25) is 0 Å². The number of hydrogen-bond acceptors (Lipinski definition) is 5. The maximum Gasteiger partial charge on any atom is 0.274 e. The van der Waals surface area contributed by atoms with Crippen LogP contribution in [0.25, 0.3) is 10.2 Å². The highest BCUT2D eigenvalue weighted by molar-refractivity contribution is 7.20. The maximum atomic E-state index is 6.28. The van der Waals surface area contributed by atoms with Gasteiger partial charge in [-0.2, -0.15) is 0 Å². The van der Waals surface area contributed by atoms with Crippen molar-refractivity contribution in [3.63, 3.8) is 0 Å². The van der Waals surface area contributed by atoms with Crippen molar-refractivity contribution in [1.29, 1.82) is 0 Å². The first-order valence-corrected chi connectivity index (χ1v) is 9.60. The van der Waals surface area contributed by atoms with Crippen LogP contribution in [0.2, 0.25) is 0 Å². The Morgan fingerprint density at radius 1 is 1.29 bits per heavy atom. The van der Waals surface area contributed by atoms with Crippen molar-refractivity contribution in [2.24, 2.45) is 0 Å². The van der Waals surface area contributed by atoms with E-state index < -0.39 is 0 Å². The van der Waals surface area contributed by atoms with Crippen LogP contribution in [0.4, 0.5) is 0 Å². The molecular weight excluding hydrogens is 318 g/mol. The second kappa shape index (κ2) is 8.60. The van der Waals surface area contributed by atoms with Crippen LogP contribution in [0.15, 0.2) is 36.9 Å². The number of para-hydroxylation sites is 1. The molecule has 5 heteroatoms. The SMILES string of the molecule is C=CCC[C@@H](CN1CCCN(C)CC1)Oc1nc2ccccc2s1. The Bertz CT molecular complexity index is 624. The van der Waals surface area contributed by atoms with Crippen molar-refractivity contribution >= 4 is 21.6 Å². The number of likely N-dealkylation sites (N-methyl/N-ethyl adjacent to an activating group) is 1. The van der Waals surface area contributed by atoms with Crippen LogP contribution in [-0.2, 0) is 0 Å². The number of hydrogen-bond donors (Lipinski definition) is 0. The molecule has 1 saturated heterocycles. The van der Waals surface area contributed by atoms with Crippen LogP contribution in [0.1, 0.15) is 19.3 Å². The minimum absolute atomic E-state index is 0.173. The summed E-state index contributed by atoms with van der Waals surface area (Å²) in [7, 11) is 2.20. The molecule has 0 N–H and O–H groups in total. The van der Waals surface area contributed by atoms with Gasteiger partial charge in [-0.25, -0.2) is 4.98 Å². The Kier molecular flexibility index (Phi) is 6.24. The van der Waals surface area contributed by atoms with Crippen molar-refractivity contribution in [3.05, 3.63) is 36.9 Å². The van der Waals surface area contributed by atoms with E-state index in [2.05, 4.69) is 34.5 Å². The first kappa shape index (κ1) is 17.4. The summed E-state index contributed by atoms with van der Waals surface area (Å²) >= 11 is 1.64. The number of allylic oxidation sites excluding steroid dienone is 1. The molecule has 1 fully saturated rings. The Labute approximate surface area is 148 Å². The fourth-order valence-corrected chi connectivity index (χ4v) is 3.99. The zero-order valence-corrected chi connectivity index (χ0v) is 15.3. The van der Waals surface area contributed by atoms with Crippen LogP contribution >= 0.6 is 11.3 Å². The average Bonchev–Trinajstić information content (AvgIpc) is 2.88. The zero-order chi connectivity index (χ0) is 16.8. The van der Waals surface area contributed by atoms with Gasteiger partial charge in [-0.1, -0.05) is 29.5 Å². The largest absolute Gasteiger partial charge is 0.465 e. The highest BCUT2D eigenvalue weighted by atomic mass is 32.1. The Morgan fingerprint density at radius 3 is 3.00 bits per heavy atom. The predicted octanol–water partition coefficient (Wildman–Crippen LogP) is 3.65. The summed E-state index contributed by atoms with van der Waals surface area (Å²) in [5.74, 6) is 0. The van der Waals surface area contributed by atoms with Crippen molar-refractivity contribution in [1.82, 2.24) is 14.8 Å². The summed E-state index contributed by atoms with van der Waals surface area (Å²) in [6.45, 7) is 9.41. The summed E-state index contributed by atoms with van der Waals surface area (Å²) in [4.78, 5) is 9.57. The molecule has 1 aromatic carbocycles. The van der Waals surface area contributed by atoms with Gasteiger partial charge in [0.1, 0.15) is 6.10 Å². The third-order valence-electron chi connectivity index (χ3n) is 4.51. The summed E-state index contributed by atoms with van der Waals surface area (Å²) < 4.78 is 7.46. The van der Waals surface area contributed by atoms with E-state index in [0.717, 1.165) is 49.7 Å². The lowest BCUT2D eigenvalue weighted by atomic mass is 10.2. The van der Waals surface area contributed by atoms with E-state index in [-0.39, 0.29) is 6.10 Å². The van der Waals surface area contributed by atoms with Crippen LogP contribution in [-0.4, -0.2) is 60.7 Å². The molecular formula is C19H27N3OS. The molecule has 4 nitrogen and oxygen atoms in total. The molecule has 0 amide bonds. The molecule has 24 heavy (non-hydrogen) atoms. The van der Waals surface area contributed by atoms with Crippen LogP contribution in [0.5, 0.6) is 5.19 Å².